The van der Waals surface area contributed by atoms with Crippen LogP contribution in [0.4, 0.5) is 0 Å². The smallest absolute Gasteiger partial charge is 0.224 e. The lowest BCUT2D eigenvalue weighted by Gasteiger charge is -2.33. The molecule has 1 aromatic heterocycles. The van der Waals surface area contributed by atoms with Gasteiger partial charge in [0.15, 0.2) is 0 Å². The van der Waals surface area contributed by atoms with Crippen LogP contribution < -0.4 is 5.32 Å². The molecule has 0 radical (unpaired) electrons. The molecule has 2 aliphatic heterocycles. The Kier molecular flexibility index (Phi) is 4.98. The summed E-state index contributed by atoms with van der Waals surface area (Å²) in [6.45, 7) is 7.19. The van der Waals surface area contributed by atoms with Gasteiger partial charge in [-0.3, -0.25) is 4.79 Å². The Morgan fingerprint density at radius 1 is 1.27 bits per heavy atom. The summed E-state index contributed by atoms with van der Waals surface area (Å²) < 4.78 is 2.37. The number of hydrogen-bond donors (Lipinski definition) is 1. The number of nitrogens with zero attached hydrogens (tertiary/aromatic N) is 3. The molecule has 1 amide bonds. The third kappa shape index (κ3) is 3.37. The van der Waals surface area contributed by atoms with E-state index in [4.69, 9.17) is 4.98 Å². The van der Waals surface area contributed by atoms with Gasteiger partial charge >= 0.3 is 0 Å². The largest absolute Gasteiger partial charge is 0.342 e. The maximum Gasteiger partial charge on any atom is 0.224 e. The Balaban J connectivity index is 1.55. The van der Waals surface area contributed by atoms with Crippen molar-refractivity contribution in [1.29, 1.82) is 0 Å². The number of hydrogen-bond acceptors (Lipinski definition) is 3. The highest BCUT2D eigenvalue weighted by atomic mass is 16.2. The third-order valence-electron chi connectivity index (χ3n) is 5.86. The normalized spacial score (nSPS) is 23.9. The van der Waals surface area contributed by atoms with Crippen molar-refractivity contribution in [1.82, 2.24) is 19.8 Å². The predicted molar refractivity (Wildman–Crippen MR) is 104 cm³/mol. The fourth-order valence-electron chi connectivity index (χ4n) is 4.58. The van der Waals surface area contributed by atoms with E-state index in [0.717, 1.165) is 50.2 Å². The van der Waals surface area contributed by atoms with Crippen LogP contribution in [-0.2, 0) is 4.79 Å². The average Bonchev–Trinajstić information content (AvgIpc) is 3.29. The fraction of sp³-hybridized carbons (Fsp3) is 0.619. The standard InChI is InChI=1S/C21H30N4O/c1-15(2)25-19-10-4-3-9-18(19)23-21(25)16-7-6-12-24(14-16)20(26)13-17-8-5-11-22-17/h3-4,9-10,15-17,22H,5-8,11-14H2,1-2H3. The molecule has 2 unspecified atom stereocenters. The lowest BCUT2D eigenvalue weighted by molar-refractivity contribution is -0.132. The summed E-state index contributed by atoms with van der Waals surface area (Å²) in [6, 6.07) is 9.13. The number of para-hydroxylation sites is 2. The van der Waals surface area contributed by atoms with Gasteiger partial charge in [0.2, 0.25) is 5.91 Å². The quantitative estimate of drug-likeness (QED) is 0.915. The summed E-state index contributed by atoms with van der Waals surface area (Å²) in [5.74, 6) is 1.79. The number of carbonyl (C=O) groups excluding carboxylic acids is 1. The molecule has 5 heteroatoms. The zero-order chi connectivity index (χ0) is 18.1. The molecule has 2 fully saturated rings. The van der Waals surface area contributed by atoms with Crippen LogP contribution in [0.5, 0.6) is 0 Å². The number of piperidine rings is 1. The molecule has 1 aromatic carbocycles. The Labute approximate surface area is 155 Å². The second-order valence-electron chi connectivity index (χ2n) is 8.10. The summed E-state index contributed by atoms with van der Waals surface area (Å²) in [5.41, 5.74) is 2.27. The van der Waals surface area contributed by atoms with Crippen LogP contribution in [-0.4, -0.2) is 46.0 Å². The molecule has 1 N–H and O–H groups in total. The van der Waals surface area contributed by atoms with Crippen LogP contribution in [0.25, 0.3) is 11.0 Å². The van der Waals surface area contributed by atoms with E-state index in [9.17, 15) is 4.79 Å². The van der Waals surface area contributed by atoms with Crippen LogP contribution in [0.15, 0.2) is 24.3 Å². The van der Waals surface area contributed by atoms with Gasteiger partial charge < -0.3 is 14.8 Å². The van der Waals surface area contributed by atoms with E-state index in [1.54, 1.807) is 0 Å². The van der Waals surface area contributed by atoms with E-state index in [0.29, 0.717) is 30.3 Å². The first-order chi connectivity index (χ1) is 12.6. The molecule has 2 atom stereocenters. The number of nitrogens with one attached hydrogen (secondary N) is 1. The highest BCUT2D eigenvalue weighted by Crippen LogP contribution is 2.32. The molecule has 2 aliphatic rings. The number of fused-ring (bicyclic) bond motifs is 1. The number of likely N-dealkylation sites (tertiary alicyclic amines) is 1. The van der Waals surface area contributed by atoms with Crippen molar-refractivity contribution in [2.45, 2.75) is 64.0 Å². The summed E-state index contributed by atoms with van der Waals surface area (Å²) in [5, 5.41) is 3.45. The minimum absolute atomic E-state index is 0.307. The van der Waals surface area contributed by atoms with Crippen LogP contribution in [0.3, 0.4) is 0 Å². The van der Waals surface area contributed by atoms with Gasteiger partial charge in [-0.15, -0.1) is 0 Å². The SMILES string of the molecule is CC(C)n1c(C2CCCN(C(=O)CC3CCCN3)C2)nc2ccccc21. The van der Waals surface area contributed by atoms with E-state index in [1.165, 1.54) is 11.9 Å². The van der Waals surface area contributed by atoms with Gasteiger partial charge in [0, 0.05) is 37.5 Å². The Hall–Kier alpha value is -1.88. The van der Waals surface area contributed by atoms with E-state index in [2.05, 4.69) is 52.9 Å². The second-order valence-corrected chi connectivity index (χ2v) is 8.10. The van der Waals surface area contributed by atoms with Crippen molar-refractivity contribution >= 4 is 16.9 Å². The molecular formula is C21H30N4O. The van der Waals surface area contributed by atoms with Gasteiger partial charge in [-0.2, -0.15) is 0 Å². The molecule has 5 nitrogen and oxygen atoms in total. The monoisotopic (exact) mass is 354 g/mol. The molecule has 0 saturated carbocycles. The highest BCUT2D eigenvalue weighted by Gasteiger charge is 2.30. The highest BCUT2D eigenvalue weighted by molar-refractivity contribution is 5.78. The molecular weight excluding hydrogens is 324 g/mol. The Bertz CT molecular complexity index is 775. The lowest BCUT2D eigenvalue weighted by Crippen LogP contribution is -2.42. The molecule has 4 rings (SSSR count). The molecule has 2 saturated heterocycles. The zero-order valence-corrected chi connectivity index (χ0v) is 15.9. The first-order valence-electron chi connectivity index (χ1n) is 10.1. The van der Waals surface area contributed by atoms with Crippen LogP contribution in [0.2, 0.25) is 0 Å². The van der Waals surface area contributed by atoms with E-state index in [-0.39, 0.29) is 0 Å². The zero-order valence-electron chi connectivity index (χ0n) is 15.9. The Morgan fingerprint density at radius 3 is 2.88 bits per heavy atom. The fourth-order valence-corrected chi connectivity index (χ4v) is 4.58. The van der Waals surface area contributed by atoms with Gasteiger partial charge in [0.25, 0.3) is 0 Å². The van der Waals surface area contributed by atoms with Gasteiger partial charge in [-0.05, 0) is 58.2 Å². The first-order valence-corrected chi connectivity index (χ1v) is 10.1. The van der Waals surface area contributed by atoms with Crippen LogP contribution in [0.1, 0.15) is 63.7 Å². The van der Waals surface area contributed by atoms with Crippen molar-refractivity contribution in [3.63, 3.8) is 0 Å². The minimum atomic E-state index is 0.307. The third-order valence-corrected chi connectivity index (χ3v) is 5.86. The molecule has 3 heterocycles. The minimum Gasteiger partial charge on any atom is -0.342 e. The number of imidazole rings is 1. The molecule has 140 valence electrons. The first kappa shape index (κ1) is 17.5. The summed E-state index contributed by atoms with van der Waals surface area (Å²) in [7, 11) is 0. The molecule has 0 spiro atoms. The predicted octanol–water partition coefficient (Wildman–Crippen LogP) is 3.47. The van der Waals surface area contributed by atoms with Crippen molar-refractivity contribution < 1.29 is 4.79 Å². The van der Waals surface area contributed by atoms with E-state index < -0.39 is 0 Å². The topological polar surface area (TPSA) is 50.2 Å². The number of carbonyl (C=O) groups is 1. The number of aromatic nitrogens is 2. The molecule has 0 bridgehead atoms. The summed E-state index contributed by atoms with van der Waals surface area (Å²) in [4.78, 5) is 19.8. The summed E-state index contributed by atoms with van der Waals surface area (Å²) in [6.07, 6.45) is 5.15. The van der Waals surface area contributed by atoms with Crippen molar-refractivity contribution in [2.75, 3.05) is 19.6 Å². The van der Waals surface area contributed by atoms with E-state index >= 15 is 0 Å². The average molecular weight is 354 g/mol. The van der Waals surface area contributed by atoms with Crippen molar-refractivity contribution in [3.05, 3.63) is 30.1 Å². The van der Waals surface area contributed by atoms with Crippen molar-refractivity contribution in [2.24, 2.45) is 0 Å². The van der Waals surface area contributed by atoms with Gasteiger partial charge in [-0.1, -0.05) is 12.1 Å². The molecule has 0 aliphatic carbocycles. The maximum absolute atomic E-state index is 12.8. The van der Waals surface area contributed by atoms with Crippen molar-refractivity contribution in [3.8, 4) is 0 Å². The number of amides is 1. The second kappa shape index (κ2) is 7.39. The molecule has 2 aromatic rings. The number of rotatable bonds is 4. The Morgan fingerprint density at radius 2 is 2.12 bits per heavy atom. The van der Waals surface area contributed by atoms with Gasteiger partial charge in [0.1, 0.15) is 5.82 Å². The van der Waals surface area contributed by atoms with Crippen LogP contribution >= 0.6 is 0 Å². The van der Waals surface area contributed by atoms with E-state index in [1.807, 2.05) is 0 Å². The number of benzene rings is 1. The van der Waals surface area contributed by atoms with Gasteiger partial charge in [-0.25, -0.2) is 4.98 Å². The molecule has 26 heavy (non-hydrogen) atoms. The summed E-state index contributed by atoms with van der Waals surface area (Å²) >= 11 is 0. The lowest BCUT2D eigenvalue weighted by atomic mass is 9.96. The van der Waals surface area contributed by atoms with Crippen LogP contribution in [0, 0.1) is 0 Å². The maximum atomic E-state index is 12.8. The van der Waals surface area contributed by atoms with Gasteiger partial charge in [0.05, 0.1) is 11.0 Å².